The molecule has 0 aromatic heterocycles. The third-order valence-electron chi connectivity index (χ3n) is 0.917. The Morgan fingerprint density at radius 1 is 1.64 bits per heavy atom. The molecule has 1 amide bonds. The smallest absolute Gasteiger partial charge is 0.548 e. The van der Waals surface area contributed by atoms with Gasteiger partial charge in [0, 0.05) is 7.05 Å². The second kappa shape index (κ2) is 6.02. The molecular formula is C6H8LiNO3. The maximum absolute atomic E-state index is 10.6. The van der Waals surface area contributed by atoms with E-state index in [0.29, 0.717) is 0 Å². The van der Waals surface area contributed by atoms with Crippen LogP contribution in [-0.2, 0) is 9.59 Å². The molecule has 0 aliphatic rings. The van der Waals surface area contributed by atoms with E-state index in [4.69, 9.17) is 0 Å². The first-order valence-corrected chi connectivity index (χ1v) is 2.65. The van der Waals surface area contributed by atoms with Gasteiger partial charge >= 0.3 is 18.9 Å². The number of aliphatic carboxylic acids is 1. The molecule has 11 heavy (non-hydrogen) atoms. The standard InChI is InChI=1S/C6H9NO3.Li/c1-3-5(8)7(2)4-6(9)10;/h3H,1,4H2,2H3,(H,9,10);/q;+1/p-1. The van der Waals surface area contributed by atoms with E-state index in [1.165, 1.54) is 7.05 Å². The number of likely N-dealkylation sites (N-methyl/N-ethyl adjacent to an activating group) is 1. The van der Waals surface area contributed by atoms with E-state index in [1.807, 2.05) is 0 Å². The summed E-state index contributed by atoms with van der Waals surface area (Å²) in [7, 11) is 1.36. The molecule has 4 nitrogen and oxygen atoms in total. The summed E-state index contributed by atoms with van der Waals surface area (Å²) in [6.07, 6.45) is 1.04. The molecule has 5 heteroatoms. The van der Waals surface area contributed by atoms with Gasteiger partial charge < -0.3 is 14.8 Å². The van der Waals surface area contributed by atoms with E-state index in [2.05, 4.69) is 6.58 Å². The second-order valence-corrected chi connectivity index (χ2v) is 1.77. The van der Waals surface area contributed by atoms with Crippen LogP contribution in [0.4, 0.5) is 0 Å². The first-order valence-electron chi connectivity index (χ1n) is 2.65. The fourth-order valence-electron chi connectivity index (χ4n) is 0.427. The van der Waals surface area contributed by atoms with Crippen molar-refractivity contribution in [1.29, 1.82) is 0 Å². The molecule has 0 aromatic carbocycles. The van der Waals surface area contributed by atoms with Gasteiger partial charge in [-0.1, -0.05) is 6.58 Å². The van der Waals surface area contributed by atoms with Crippen molar-refractivity contribution in [3.8, 4) is 0 Å². The van der Waals surface area contributed by atoms with E-state index in [1.54, 1.807) is 0 Å². The zero-order valence-electron chi connectivity index (χ0n) is 6.66. The van der Waals surface area contributed by atoms with Gasteiger partial charge in [-0.15, -0.1) is 0 Å². The average Bonchev–Trinajstić information content (AvgIpc) is 1.85. The zero-order chi connectivity index (χ0) is 8.15. The first kappa shape index (κ1) is 12.9. The maximum Gasteiger partial charge on any atom is 1.00 e. The van der Waals surface area contributed by atoms with Crippen LogP contribution in [0.3, 0.4) is 0 Å². The quantitative estimate of drug-likeness (QED) is 0.299. The molecule has 0 unspecified atom stereocenters. The molecule has 0 fully saturated rings. The number of nitrogens with zero attached hydrogens (tertiary/aromatic N) is 1. The molecule has 0 radical (unpaired) electrons. The van der Waals surface area contributed by atoms with Gasteiger partial charge in [-0.25, -0.2) is 0 Å². The molecule has 0 bridgehead atoms. The predicted octanol–water partition coefficient (Wildman–Crippen LogP) is -4.62. The van der Waals surface area contributed by atoms with Gasteiger partial charge in [0.05, 0.1) is 12.5 Å². The number of carbonyl (C=O) groups is 2. The molecule has 0 aliphatic carbocycles. The summed E-state index contributed by atoms with van der Waals surface area (Å²) >= 11 is 0. The summed E-state index contributed by atoms with van der Waals surface area (Å²) in [6, 6.07) is 0. The van der Waals surface area contributed by atoms with Crippen molar-refractivity contribution in [2.75, 3.05) is 13.6 Å². The van der Waals surface area contributed by atoms with Gasteiger partial charge in [-0.3, -0.25) is 4.79 Å². The molecule has 0 aromatic rings. The number of hydrogen-bond acceptors (Lipinski definition) is 3. The van der Waals surface area contributed by atoms with E-state index >= 15 is 0 Å². The minimum atomic E-state index is -1.28. The zero-order valence-corrected chi connectivity index (χ0v) is 6.66. The van der Waals surface area contributed by atoms with Crippen LogP contribution in [0.15, 0.2) is 12.7 Å². The first-order chi connectivity index (χ1) is 4.57. The van der Waals surface area contributed by atoms with E-state index in [9.17, 15) is 14.7 Å². The SMILES string of the molecule is C=CC(=O)N(C)CC(=O)[O-].[Li+]. The van der Waals surface area contributed by atoms with Crippen LogP contribution in [0.1, 0.15) is 0 Å². The molecule has 56 valence electrons. The molecule has 0 heterocycles. The van der Waals surface area contributed by atoms with E-state index < -0.39 is 18.4 Å². The van der Waals surface area contributed by atoms with Gasteiger partial charge in [-0.05, 0) is 6.08 Å². The van der Waals surface area contributed by atoms with Gasteiger partial charge in [0.1, 0.15) is 0 Å². The van der Waals surface area contributed by atoms with Crippen LogP contribution in [0.25, 0.3) is 0 Å². The number of carboxylic acids is 1. The van der Waals surface area contributed by atoms with Crippen molar-refractivity contribution in [3.63, 3.8) is 0 Å². The number of amides is 1. The fraction of sp³-hybridized carbons (Fsp3) is 0.333. The largest absolute Gasteiger partial charge is 1.00 e. The van der Waals surface area contributed by atoms with Crippen LogP contribution in [0, 0.1) is 0 Å². The molecular weight excluding hydrogens is 141 g/mol. The summed E-state index contributed by atoms with van der Waals surface area (Å²) < 4.78 is 0. The fourth-order valence-corrected chi connectivity index (χ4v) is 0.427. The molecule has 0 N–H and O–H groups in total. The van der Waals surface area contributed by atoms with E-state index in [0.717, 1.165) is 11.0 Å². The Morgan fingerprint density at radius 2 is 2.09 bits per heavy atom. The Labute approximate surface area is 77.0 Å². The van der Waals surface area contributed by atoms with Gasteiger partial charge in [0.25, 0.3) is 0 Å². The topological polar surface area (TPSA) is 60.4 Å². The summed E-state index contributed by atoms with van der Waals surface area (Å²) in [5.74, 6) is -1.71. The molecule has 0 spiro atoms. The van der Waals surface area contributed by atoms with Crippen molar-refractivity contribution < 1.29 is 33.6 Å². The average molecular weight is 149 g/mol. The number of rotatable bonds is 3. The van der Waals surface area contributed by atoms with Crippen LogP contribution in [0.5, 0.6) is 0 Å². The molecule has 0 aliphatic heterocycles. The summed E-state index contributed by atoms with van der Waals surface area (Å²) in [4.78, 5) is 21.5. The number of carboxylic acid groups (broad SMARTS) is 1. The Morgan fingerprint density at radius 3 is 2.36 bits per heavy atom. The summed E-state index contributed by atoms with van der Waals surface area (Å²) in [5.41, 5.74) is 0. The normalized spacial score (nSPS) is 7.73. The van der Waals surface area contributed by atoms with Gasteiger partial charge in [0.2, 0.25) is 5.91 Å². The Balaban J connectivity index is 0. The third-order valence-corrected chi connectivity index (χ3v) is 0.917. The van der Waals surface area contributed by atoms with Crippen molar-refractivity contribution in [3.05, 3.63) is 12.7 Å². The Kier molecular flexibility index (Phi) is 7.06. The van der Waals surface area contributed by atoms with Crippen LogP contribution in [0.2, 0.25) is 0 Å². The predicted molar refractivity (Wildman–Crippen MR) is 32.8 cm³/mol. The van der Waals surface area contributed by atoms with Crippen molar-refractivity contribution in [2.45, 2.75) is 0 Å². The number of hydrogen-bond donors (Lipinski definition) is 0. The molecule has 0 saturated carbocycles. The van der Waals surface area contributed by atoms with Crippen LogP contribution < -0.4 is 24.0 Å². The number of carbonyl (C=O) groups excluding carboxylic acids is 2. The molecule has 0 atom stereocenters. The van der Waals surface area contributed by atoms with Gasteiger partial charge in [0.15, 0.2) is 0 Å². The second-order valence-electron chi connectivity index (χ2n) is 1.77. The Hall–Kier alpha value is -0.723. The van der Waals surface area contributed by atoms with Crippen molar-refractivity contribution in [1.82, 2.24) is 4.90 Å². The summed E-state index contributed by atoms with van der Waals surface area (Å²) in [5, 5.41) is 9.89. The minimum absolute atomic E-state index is 0. The third kappa shape index (κ3) is 5.71. The van der Waals surface area contributed by atoms with E-state index in [-0.39, 0.29) is 18.9 Å². The summed E-state index contributed by atoms with van der Waals surface area (Å²) in [6.45, 7) is 2.79. The van der Waals surface area contributed by atoms with Crippen LogP contribution >= 0.6 is 0 Å². The van der Waals surface area contributed by atoms with Crippen molar-refractivity contribution >= 4 is 11.9 Å². The minimum Gasteiger partial charge on any atom is -0.548 e. The molecule has 0 saturated heterocycles. The van der Waals surface area contributed by atoms with Gasteiger partial charge in [-0.2, -0.15) is 0 Å². The monoisotopic (exact) mass is 149 g/mol. The molecule has 0 rings (SSSR count). The van der Waals surface area contributed by atoms with Crippen LogP contribution in [-0.4, -0.2) is 30.4 Å². The maximum atomic E-state index is 10.6. The Bertz CT molecular complexity index is 169. The van der Waals surface area contributed by atoms with Crippen molar-refractivity contribution in [2.24, 2.45) is 0 Å².